The molecule has 5 nitrogen and oxygen atoms in total. The van der Waals surface area contributed by atoms with Crippen LogP contribution >= 0.6 is 15.9 Å². The third kappa shape index (κ3) is 3.50. The minimum Gasteiger partial charge on any atom is -0.305 e. The SMILES string of the molecule is O=C(Nc1cnc(Br)cn1)c1ccc(C(F)(F)F)nc1. The number of halogens is 4. The number of hydrogen-bond donors (Lipinski definition) is 1. The van der Waals surface area contributed by atoms with Crippen LogP contribution in [-0.4, -0.2) is 20.9 Å². The lowest BCUT2D eigenvalue weighted by Gasteiger charge is -2.07. The molecule has 0 saturated carbocycles. The number of rotatable bonds is 2. The van der Waals surface area contributed by atoms with Crippen LogP contribution in [0.15, 0.2) is 35.3 Å². The molecule has 0 aromatic carbocycles. The summed E-state index contributed by atoms with van der Waals surface area (Å²) in [7, 11) is 0. The largest absolute Gasteiger partial charge is 0.433 e. The second-order valence-corrected chi connectivity index (χ2v) is 4.42. The second-order valence-electron chi connectivity index (χ2n) is 3.61. The van der Waals surface area contributed by atoms with Crippen molar-refractivity contribution >= 4 is 27.7 Å². The van der Waals surface area contributed by atoms with E-state index in [1.807, 2.05) is 0 Å². The van der Waals surface area contributed by atoms with Crippen molar-refractivity contribution in [2.45, 2.75) is 6.18 Å². The van der Waals surface area contributed by atoms with Gasteiger partial charge in [-0.3, -0.25) is 9.78 Å². The second kappa shape index (κ2) is 5.53. The minimum absolute atomic E-state index is 0.0114. The first kappa shape index (κ1) is 14.4. The van der Waals surface area contributed by atoms with Gasteiger partial charge in [0.1, 0.15) is 10.3 Å². The van der Waals surface area contributed by atoms with E-state index in [-0.39, 0.29) is 11.4 Å². The molecular weight excluding hydrogens is 341 g/mol. The monoisotopic (exact) mass is 346 g/mol. The van der Waals surface area contributed by atoms with E-state index in [4.69, 9.17) is 0 Å². The molecule has 0 radical (unpaired) electrons. The summed E-state index contributed by atoms with van der Waals surface area (Å²) in [5.41, 5.74) is -1.07. The first-order valence-corrected chi connectivity index (χ1v) is 5.98. The number of pyridine rings is 1. The zero-order chi connectivity index (χ0) is 14.8. The van der Waals surface area contributed by atoms with Gasteiger partial charge in [-0.15, -0.1) is 0 Å². The van der Waals surface area contributed by atoms with Crippen LogP contribution in [0, 0.1) is 0 Å². The first-order valence-electron chi connectivity index (χ1n) is 5.18. The van der Waals surface area contributed by atoms with E-state index >= 15 is 0 Å². The van der Waals surface area contributed by atoms with Gasteiger partial charge in [0.15, 0.2) is 5.82 Å². The zero-order valence-corrected chi connectivity index (χ0v) is 11.2. The molecule has 0 unspecified atom stereocenters. The average Bonchev–Trinajstić information content (AvgIpc) is 2.40. The fourth-order valence-electron chi connectivity index (χ4n) is 1.26. The summed E-state index contributed by atoms with van der Waals surface area (Å²) in [5, 5.41) is 2.39. The first-order chi connectivity index (χ1) is 9.36. The van der Waals surface area contributed by atoms with Gasteiger partial charge in [-0.05, 0) is 28.1 Å². The number of nitrogens with one attached hydrogen (secondary N) is 1. The highest BCUT2D eigenvalue weighted by atomic mass is 79.9. The smallest absolute Gasteiger partial charge is 0.305 e. The van der Waals surface area contributed by atoms with Crippen LogP contribution in [-0.2, 0) is 6.18 Å². The van der Waals surface area contributed by atoms with Crippen molar-refractivity contribution in [3.8, 4) is 0 Å². The molecule has 2 rings (SSSR count). The molecule has 0 aliphatic carbocycles. The van der Waals surface area contributed by atoms with Crippen LogP contribution in [0.3, 0.4) is 0 Å². The van der Waals surface area contributed by atoms with Crippen molar-refractivity contribution in [3.63, 3.8) is 0 Å². The Morgan fingerprint density at radius 2 is 1.85 bits per heavy atom. The molecule has 0 atom stereocenters. The molecule has 9 heteroatoms. The van der Waals surface area contributed by atoms with Crippen LogP contribution in [0.4, 0.5) is 19.0 Å². The van der Waals surface area contributed by atoms with Gasteiger partial charge < -0.3 is 5.32 Å². The summed E-state index contributed by atoms with van der Waals surface area (Å²) in [5.74, 6) is -0.444. The highest BCUT2D eigenvalue weighted by Crippen LogP contribution is 2.27. The lowest BCUT2D eigenvalue weighted by Crippen LogP contribution is -2.15. The standard InChI is InChI=1S/C11H6BrF3N4O/c12-8-4-18-9(5-17-8)19-10(20)6-1-2-7(16-3-6)11(13,14)15/h1-5H,(H,18,19,20). The third-order valence-corrected chi connectivity index (χ3v) is 2.59. The summed E-state index contributed by atoms with van der Waals surface area (Å²) in [6.45, 7) is 0. The number of anilines is 1. The van der Waals surface area contributed by atoms with Crippen LogP contribution in [0.1, 0.15) is 16.1 Å². The predicted molar refractivity (Wildman–Crippen MR) is 66.9 cm³/mol. The topological polar surface area (TPSA) is 67.8 Å². The van der Waals surface area contributed by atoms with Gasteiger partial charge in [-0.1, -0.05) is 0 Å². The van der Waals surface area contributed by atoms with Crippen molar-refractivity contribution < 1.29 is 18.0 Å². The predicted octanol–water partition coefficient (Wildman–Crippen LogP) is 2.91. The Bertz CT molecular complexity index is 613. The van der Waals surface area contributed by atoms with Gasteiger partial charge in [0.05, 0.1) is 18.0 Å². The summed E-state index contributed by atoms with van der Waals surface area (Å²) < 4.78 is 37.5. The molecule has 2 aromatic heterocycles. The molecule has 1 N–H and O–H groups in total. The van der Waals surface area contributed by atoms with E-state index < -0.39 is 17.8 Å². The number of nitrogens with zero attached hydrogens (tertiary/aromatic N) is 3. The Morgan fingerprint density at radius 3 is 2.35 bits per heavy atom. The number of amides is 1. The fraction of sp³-hybridized carbons (Fsp3) is 0.0909. The molecule has 0 bridgehead atoms. The summed E-state index contributed by atoms with van der Waals surface area (Å²) in [6.07, 6.45) is -1.00. The minimum atomic E-state index is -4.54. The molecule has 104 valence electrons. The molecule has 0 saturated heterocycles. The molecule has 1 amide bonds. The number of carbonyl (C=O) groups is 1. The Kier molecular flexibility index (Phi) is 3.98. The Labute approximate surface area is 119 Å². The van der Waals surface area contributed by atoms with Crippen molar-refractivity contribution in [2.75, 3.05) is 5.32 Å². The highest BCUT2D eigenvalue weighted by Gasteiger charge is 2.32. The zero-order valence-electron chi connectivity index (χ0n) is 9.65. The lowest BCUT2D eigenvalue weighted by atomic mass is 10.2. The molecule has 0 aliphatic heterocycles. The van der Waals surface area contributed by atoms with Crippen molar-refractivity contribution in [2.24, 2.45) is 0 Å². The Balaban J connectivity index is 2.11. The Hall–Kier alpha value is -2.03. The molecular formula is C11H6BrF3N4O. The average molecular weight is 347 g/mol. The van der Waals surface area contributed by atoms with Gasteiger partial charge in [-0.25, -0.2) is 9.97 Å². The number of aromatic nitrogens is 3. The maximum Gasteiger partial charge on any atom is 0.433 e. The van der Waals surface area contributed by atoms with E-state index in [0.717, 1.165) is 18.3 Å². The van der Waals surface area contributed by atoms with E-state index in [1.54, 1.807) is 0 Å². The van der Waals surface area contributed by atoms with Gasteiger partial charge in [0.2, 0.25) is 0 Å². The van der Waals surface area contributed by atoms with Crippen LogP contribution in [0.5, 0.6) is 0 Å². The Morgan fingerprint density at radius 1 is 1.10 bits per heavy atom. The van der Waals surface area contributed by atoms with E-state index in [1.165, 1.54) is 12.4 Å². The van der Waals surface area contributed by atoms with Gasteiger partial charge in [0.25, 0.3) is 5.91 Å². The van der Waals surface area contributed by atoms with E-state index in [9.17, 15) is 18.0 Å². The lowest BCUT2D eigenvalue weighted by molar-refractivity contribution is -0.141. The number of hydrogen-bond acceptors (Lipinski definition) is 4. The van der Waals surface area contributed by atoms with Crippen molar-refractivity contribution in [1.82, 2.24) is 15.0 Å². The van der Waals surface area contributed by atoms with Gasteiger partial charge >= 0.3 is 6.18 Å². The third-order valence-electron chi connectivity index (χ3n) is 2.18. The van der Waals surface area contributed by atoms with Gasteiger partial charge in [0, 0.05) is 6.20 Å². The fourth-order valence-corrected chi connectivity index (χ4v) is 1.47. The summed E-state index contributed by atoms with van der Waals surface area (Å²) in [4.78, 5) is 22.7. The number of alkyl halides is 3. The summed E-state index contributed by atoms with van der Waals surface area (Å²) >= 11 is 3.08. The van der Waals surface area contributed by atoms with E-state index in [0.29, 0.717) is 4.60 Å². The highest BCUT2D eigenvalue weighted by molar-refractivity contribution is 9.10. The van der Waals surface area contributed by atoms with Crippen molar-refractivity contribution in [3.05, 3.63) is 46.6 Å². The molecule has 20 heavy (non-hydrogen) atoms. The summed E-state index contributed by atoms with van der Waals surface area (Å²) in [6, 6.07) is 1.78. The molecule has 0 spiro atoms. The van der Waals surface area contributed by atoms with E-state index in [2.05, 4.69) is 36.2 Å². The van der Waals surface area contributed by atoms with Crippen molar-refractivity contribution in [1.29, 1.82) is 0 Å². The molecule has 2 aromatic rings. The molecule has 2 heterocycles. The normalized spacial score (nSPS) is 11.2. The maximum absolute atomic E-state index is 12.3. The molecule has 0 aliphatic rings. The van der Waals surface area contributed by atoms with Gasteiger partial charge in [-0.2, -0.15) is 13.2 Å². The van der Waals surface area contributed by atoms with Crippen LogP contribution < -0.4 is 5.32 Å². The number of carbonyl (C=O) groups excluding carboxylic acids is 1. The van der Waals surface area contributed by atoms with Crippen LogP contribution in [0.2, 0.25) is 0 Å². The molecule has 0 fully saturated rings. The quantitative estimate of drug-likeness (QED) is 0.907. The van der Waals surface area contributed by atoms with Crippen LogP contribution in [0.25, 0.3) is 0 Å². The maximum atomic E-state index is 12.3.